The van der Waals surface area contributed by atoms with Gasteiger partial charge in [-0.25, -0.2) is 9.38 Å². The first-order valence-electron chi connectivity index (χ1n) is 7.85. The first-order chi connectivity index (χ1) is 11.3. The van der Waals surface area contributed by atoms with Gasteiger partial charge in [0.1, 0.15) is 5.82 Å². The second kappa shape index (κ2) is 6.16. The Morgan fingerprint density at radius 1 is 1.13 bits per heavy atom. The number of halogens is 1. The minimum Gasteiger partial charge on any atom is -0.463 e. The molecule has 2 aromatic heterocycles. The van der Waals surface area contributed by atoms with Crippen LogP contribution in [0.15, 0.2) is 57.5 Å². The predicted octanol–water partition coefficient (Wildman–Crippen LogP) is 5.30. The molecule has 23 heavy (non-hydrogen) atoms. The zero-order valence-electron chi connectivity index (χ0n) is 12.6. The molecule has 0 N–H and O–H groups in total. The molecule has 1 saturated carbocycles. The van der Waals surface area contributed by atoms with Crippen LogP contribution < -0.4 is 4.80 Å². The number of benzene rings is 1. The van der Waals surface area contributed by atoms with E-state index < -0.39 is 0 Å². The highest BCUT2D eigenvalue weighted by Gasteiger charge is 2.22. The van der Waals surface area contributed by atoms with E-state index >= 15 is 0 Å². The summed E-state index contributed by atoms with van der Waals surface area (Å²) in [6, 6.07) is 10.7. The molecule has 0 bridgehead atoms. The Bertz CT molecular complexity index is 840. The molecule has 1 aromatic carbocycles. The number of hydrogen-bond donors (Lipinski definition) is 0. The molecule has 4 rings (SSSR count). The third kappa shape index (κ3) is 2.88. The lowest BCUT2D eigenvalue weighted by Crippen LogP contribution is -2.19. The smallest absolute Gasteiger partial charge is 0.190 e. The summed E-state index contributed by atoms with van der Waals surface area (Å²) in [6.45, 7) is 0. The molecule has 2 heterocycles. The number of hydrogen-bond acceptors (Lipinski definition) is 3. The van der Waals surface area contributed by atoms with Gasteiger partial charge in [-0.1, -0.05) is 12.8 Å². The van der Waals surface area contributed by atoms with E-state index in [-0.39, 0.29) is 5.82 Å². The molecule has 0 aliphatic heterocycles. The Morgan fingerprint density at radius 2 is 1.91 bits per heavy atom. The van der Waals surface area contributed by atoms with Crippen molar-refractivity contribution in [1.29, 1.82) is 0 Å². The molecule has 0 radical (unpaired) electrons. The number of aromatic nitrogens is 1. The highest BCUT2D eigenvalue weighted by atomic mass is 32.1. The van der Waals surface area contributed by atoms with E-state index in [0.29, 0.717) is 6.04 Å². The van der Waals surface area contributed by atoms with Crippen LogP contribution >= 0.6 is 11.3 Å². The van der Waals surface area contributed by atoms with Crippen molar-refractivity contribution in [2.24, 2.45) is 4.99 Å². The van der Waals surface area contributed by atoms with Crippen LogP contribution in [-0.4, -0.2) is 4.57 Å². The fourth-order valence-electron chi connectivity index (χ4n) is 3.15. The van der Waals surface area contributed by atoms with Gasteiger partial charge in [0, 0.05) is 11.4 Å². The maximum atomic E-state index is 13.1. The fourth-order valence-corrected chi connectivity index (χ4v) is 4.11. The molecule has 0 amide bonds. The van der Waals surface area contributed by atoms with Crippen molar-refractivity contribution in [2.45, 2.75) is 31.7 Å². The summed E-state index contributed by atoms with van der Waals surface area (Å²) in [5.74, 6) is 0.628. The first-order valence-corrected chi connectivity index (χ1v) is 8.73. The first kappa shape index (κ1) is 14.5. The van der Waals surface area contributed by atoms with E-state index in [4.69, 9.17) is 9.41 Å². The Balaban J connectivity index is 1.84. The van der Waals surface area contributed by atoms with Crippen LogP contribution in [0, 0.1) is 5.82 Å². The monoisotopic (exact) mass is 328 g/mol. The van der Waals surface area contributed by atoms with E-state index in [1.54, 1.807) is 29.7 Å². The van der Waals surface area contributed by atoms with Gasteiger partial charge in [0.15, 0.2) is 10.6 Å². The van der Waals surface area contributed by atoms with Crippen molar-refractivity contribution in [1.82, 2.24) is 4.57 Å². The van der Waals surface area contributed by atoms with Gasteiger partial charge in [0.05, 0.1) is 17.6 Å². The summed E-state index contributed by atoms with van der Waals surface area (Å²) in [5, 5.41) is 2.10. The number of nitrogens with zero attached hydrogens (tertiary/aromatic N) is 2. The normalized spacial score (nSPS) is 16.3. The maximum Gasteiger partial charge on any atom is 0.190 e. The number of rotatable bonds is 3. The average Bonchev–Trinajstić information content (AvgIpc) is 3.30. The topological polar surface area (TPSA) is 30.4 Å². The predicted molar refractivity (Wildman–Crippen MR) is 89.1 cm³/mol. The zero-order valence-corrected chi connectivity index (χ0v) is 13.4. The van der Waals surface area contributed by atoms with Crippen molar-refractivity contribution in [3.05, 3.63) is 58.7 Å². The molecule has 3 nitrogen and oxygen atoms in total. The molecule has 0 unspecified atom stereocenters. The van der Waals surface area contributed by atoms with Crippen molar-refractivity contribution >= 4 is 17.0 Å². The quantitative estimate of drug-likeness (QED) is 0.642. The Kier molecular flexibility index (Phi) is 3.87. The van der Waals surface area contributed by atoms with Gasteiger partial charge < -0.3 is 8.98 Å². The third-order valence-corrected chi connectivity index (χ3v) is 5.10. The highest BCUT2D eigenvalue weighted by molar-refractivity contribution is 7.07. The summed E-state index contributed by atoms with van der Waals surface area (Å²) >= 11 is 1.60. The van der Waals surface area contributed by atoms with Gasteiger partial charge in [-0.05, 0) is 49.2 Å². The molecule has 5 heteroatoms. The SMILES string of the molecule is Fc1ccc(N=c2scc(-c3ccco3)n2C2CCCC2)cc1. The molecule has 3 aromatic rings. The summed E-state index contributed by atoms with van der Waals surface area (Å²) < 4.78 is 21.0. The average molecular weight is 328 g/mol. The summed E-state index contributed by atoms with van der Waals surface area (Å²) in [5.41, 5.74) is 1.85. The second-order valence-corrected chi connectivity index (χ2v) is 6.61. The van der Waals surface area contributed by atoms with Crippen LogP contribution in [0.3, 0.4) is 0 Å². The Morgan fingerprint density at radius 3 is 2.61 bits per heavy atom. The molecule has 118 valence electrons. The lowest BCUT2D eigenvalue weighted by Gasteiger charge is -2.14. The highest BCUT2D eigenvalue weighted by Crippen LogP contribution is 2.33. The zero-order chi connectivity index (χ0) is 15.6. The van der Waals surface area contributed by atoms with E-state index in [2.05, 4.69) is 9.95 Å². The third-order valence-electron chi connectivity index (χ3n) is 4.26. The summed E-state index contributed by atoms with van der Waals surface area (Å²) in [4.78, 5) is 5.67. The second-order valence-electron chi connectivity index (χ2n) is 5.78. The van der Waals surface area contributed by atoms with Gasteiger partial charge >= 0.3 is 0 Å². The van der Waals surface area contributed by atoms with Gasteiger partial charge in [0.2, 0.25) is 0 Å². The van der Waals surface area contributed by atoms with Gasteiger partial charge in [-0.15, -0.1) is 11.3 Å². The molecule has 0 spiro atoms. The Labute approximate surface area is 137 Å². The molecule has 1 aliphatic rings. The van der Waals surface area contributed by atoms with Crippen molar-refractivity contribution < 1.29 is 8.81 Å². The fraction of sp³-hybridized carbons (Fsp3) is 0.278. The van der Waals surface area contributed by atoms with Crippen LogP contribution in [0.1, 0.15) is 31.7 Å². The molecule has 0 atom stereocenters. The van der Waals surface area contributed by atoms with Gasteiger partial charge in [0.25, 0.3) is 0 Å². The minimum atomic E-state index is -0.241. The molecular formula is C18H17FN2OS. The molecule has 1 fully saturated rings. The van der Waals surface area contributed by atoms with E-state index in [1.807, 2.05) is 12.1 Å². The number of furan rings is 1. The van der Waals surface area contributed by atoms with Gasteiger partial charge in [-0.3, -0.25) is 0 Å². The standard InChI is InChI=1S/C18H17FN2OS/c19-13-7-9-14(10-8-13)20-18-21(15-4-1-2-5-15)16(12-23-18)17-6-3-11-22-17/h3,6-12,15H,1-2,4-5H2. The maximum absolute atomic E-state index is 13.1. The van der Waals surface area contributed by atoms with E-state index in [9.17, 15) is 4.39 Å². The number of thiazole rings is 1. The lowest BCUT2D eigenvalue weighted by molar-refractivity contribution is 0.499. The van der Waals surface area contributed by atoms with Gasteiger partial charge in [-0.2, -0.15) is 0 Å². The van der Waals surface area contributed by atoms with Crippen LogP contribution in [0.2, 0.25) is 0 Å². The van der Waals surface area contributed by atoms with E-state index in [1.165, 1.54) is 37.8 Å². The van der Waals surface area contributed by atoms with Crippen molar-refractivity contribution in [3.8, 4) is 11.5 Å². The Hall–Kier alpha value is -2.14. The minimum absolute atomic E-state index is 0.241. The van der Waals surface area contributed by atoms with Crippen LogP contribution in [0.4, 0.5) is 10.1 Å². The van der Waals surface area contributed by atoms with E-state index in [0.717, 1.165) is 21.9 Å². The summed E-state index contributed by atoms with van der Waals surface area (Å²) in [7, 11) is 0. The van der Waals surface area contributed by atoms with Crippen LogP contribution in [-0.2, 0) is 0 Å². The lowest BCUT2D eigenvalue weighted by atomic mass is 10.2. The van der Waals surface area contributed by atoms with Crippen LogP contribution in [0.25, 0.3) is 11.5 Å². The van der Waals surface area contributed by atoms with Crippen LogP contribution in [0.5, 0.6) is 0 Å². The molecular weight excluding hydrogens is 311 g/mol. The summed E-state index contributed by atoms with van der Waals surface area (Å²) in [6.07, 6.45) is 6.53. The van der Waals surface area contributed by atoms with Crippen molar-refractivity contribution in [2.75, 3.05) is 0 Å². The molecule has 0 saturated heterocycles. The largest absolute Gasteiger partial charge is 0.463 e. The van der Waals surface area contributed by atoms with Crippen molar-refractivity contribution in [3.63, 3.8) is 0 Å². The molecule has 1 aliphatic carbocycles.